The molecule has 104 valence electrons. The van der Waals surface area contributed by atoms with Crippen LogP contribution in [0.4, 0.5) is 5.69 Å². The second-order valence-corrected chi connectivity index (χ2v) is 6.72. The molecule has 1 aromatic rings. The Morgan fingerprint density at radius 3 is 2.63 bits per heavy atom. The minimum atomic E-state index is -0.260. The molecule has 0 spiro atoms. The lowest BCUT2D eigenvalue weighted by Gasteiger charge is -2.27. The molecule has 2 rings (SSSR count). The Labute approximate surface area is 130 Å². The van der Waals surface area contributed by atoms with Crippen LogP contribution in [-0.2, 0) is 4.79 Å². The molecule has 5 heteroatoms. The zero-order valence-electron chi connectivity index (χ0n) is 10.9. The number of nitrogens with one attached hydrogen (secondary N) is 2. The van der Waals surface area contributed by atoms with E-state index in [4.69, 9.17) is 0 Å². The summed E-state index contributed by atoms with van der Waals surface area (Å²) in [6.45, 7) is 3.82. The predicted molar refractivity (Wildman–Crippen MR) is 85.3 cm³/mol. The first-order valence-corrected chi connectivity index (χ1v) is 8.14. The second kappa shape index (κ2) is 6.37. The highest BCUT2D eigenvalue weighted by Gasteiger charge is 2.40. The van der Waals surface area contributed by atoms with Crippen LogP contribution in [0.2, 0.25) is 0 Å². The molecular formula is C14H18Br2N2O. The Morgan fingerprint density at radius 1 is 1.42 bits per heavy atom. The van der Waals surface area contributed by atoms with Crippen LogP contribution in [0.3, 0.4) is 0 Å². The summed E-state index contributed by atoms with van der Waals surface area (Å²) >= 11 is 6.96. The standard InChI is InChI=1S/C14H18Br2N2O/c1-2-6-14(7-8-17-9-14)13(19)18-12-10(15)4-3-5-11(12)16/h3-5,17H,2,6-9H2,1H3,(H,18,19). The predicted octanol–water partition coefficient (Wildman–Crippen LogP) is 3.93. The Kier molecular flexibility index (Phi) is 5.03. The molecule has 0 aromatic heterocycles. The maximum absolute atomic E-state index is 12.6. The summed E-state index contributed by atoms with van der Waals surface area (Å²) < 4.78 is 1.79. The number of anilines is 1. The Balaban J connectivity index is 2.20. The number of hydrogen-bond donors (Lipinski definition) is 2. The van der Waals surface area contributed by atoms with Gasteiger partial charge in [-0.3, -0.25) is 4.79 Å². The largest absolute Gasteiger partial charge is 0.324 e. The highest BCUT2D eigenvalue weighted by Crippen LogP contribution is 2.36. The fourth-order valence-electron chi connectivity index (χ4n) is 2.61. The number of carbonyl (C=O) groups excluding carboxylic acids is 1. The van der Waals surface area contributed by atoms with Gasteiger partial charge in [-0.25, -0.2) is 0 Å². The van der Waals surface area contributed by atoms with Gasteiger partial charge in [0.25, 0.3) is 0 Å². The number of para-hydroxylation sites is 1. The molecule has 0 bridgehead atoms. The minimum absolute atomic E-state index is 0.118. The van der Waals surface area contributed by atoms with Gasteiger partial charge in [0.15, 0.2) is 0 Å². The maximum atomic E-state index is 12.6. The summed E-state index contributed by atoms with van der Waals surface area (Å²) in [6, 6.07) is 5.79. The van der Waals surface area contributed by atoms with Gasteiger partial charge in [0.2, 0.25) is 5.91 Å². The Morgan fingerprint density at radius 2 is 2.11 bits per heavy atom. The third-order valence-electron chi connectivity index (χ3n) is 3.66. The van der Waals surface area contributed by atoms with Crippen molar-refractivity contribution in [2.45, 2.75) is 26.2 Å². The van der Waals surface area contributed by atoms with Crippen LogP contribution < -0.4 is 10.6 Å². The number of benzene rings is 1. The van der Waals surface area contributed by atoms with E-state index in [-0.39, 0.29) is 11.3 Å². The Hall–Kier alpha value is -0.390. The molecule has 0 radical (unpaired) electrons. The zero-order chi connectivity index (χ0) is 13.9. The highest BCUT2D eigenvalue weighted by atomic mass is 79.9. The van der Waals surface area contributed by atoms with E-state index in [9.17, 15) is 4.79 Å². The normalized spacial score (nSPS) is 22.5. The van der Waals surface area contributed by atoms with E-state index in [0.717, 1.165) is 47.0 Å². The number of amides is 1. The summed E-state index contributed by atoms with van der Waals surface area (Å²) in [5.74, 6) is 0.118. The van der Waals surface area contributed by atoms with Gasteiger partial charge in [-0.1, -0.05) is 19.4 Å². The third kappa shape index (κ3) is 3.20. The number of halogens is 2. The van der Waals surface area contributed by atoms with Crippen LogP contribution in [0.5, 0.6) is 0 Å². The number of rotatable bonds is 4. The van der Waals surface area contributed by atoms with Crippen LogP contribution in [0.25, 0.3) is 0 Å². The van der Waals surface area contributed by atoms with E-state index in [1.54, 1.807) is 0 Å². The molecule has 19 heavy (non-hydrogen) atoms. The van der Waals surface area contributed by atoms with Gasteiger partial charge >= 0.3 is 0 Å². The first-order chi connectivity index (χ1) is 9.09. The molecule has 1 aliphatic rings. The van der Waals surface area contributed by atoms with E-state index in [2.05, 4.69) is 49.4 Å². The van der Waals surface area contributed by atoms with Crippen molar-refractivity contribution in [3.05, 3.63) is 27.1 Å². The first kappa shape index (κ1) is 15.0. The van der Waals surface area contributed by atoms with Gasteiger partial charge in [0, 0.05) is 15.5 Å². The van der Waals surface area contributed by atoms with E-state index >= 15 is 0 Å². The van der Waals surface area contributed by atoms with Crippen molar-refractivity contribution in [1.82, 2.24) is 5.32 Å². The van der Waals surface area contributed by atoms with E-state index in [1.807, 2.05) is 18.2 Å². The quantitative estimate of drug-likeness (QED) is 0.818. The molecular weight excluding hydrogens is 372 g/mol. The minimum Gasteiger partial charge on any atom is -0.324 e. The highest BCUT2D eigenvalue weighted by molar-refractivity contribution is 9.11. The number of hydrogen-bond acceptors (Lipinski definition) is 2. The number of carbonyl (C=O) groups is 1. The van der Waals surface area contributed by atoms with Crippen LogP contribution in [-0.4, -0.2) is 19.0 Å². The summed E-state index contributed by atoms with van der Waals surface area (Å²) in [5.41, 5.74) is 0.554. The van der Waals surface area contributed by atoms with Gasteiger partial charge in [-0.05, 0) is 63.4 Å². The molecule has 0 aliphatic carbocycles. The van der Waals surface area contributed by atoms with Gasteiger partial charge in [-0.2, -0.15) is 0 Å². The molecule has 1 aromatic carbocycles. The smallest absolute Gasteiger partial charge is 0.231 e. The van der Waals surface area contributed by atoms with Crippen LogP contribution in [0.1, 0.15) is 26.2 Å². The van der Waals surface area contributed by atoms with Crippen molar-refractivity contribution >= 4 is 43.5 Å². The van der Waals surface area contributed by atoms with Crippen molar-refractivity contribution < 1.29 is 4.79 Å². The Bertz CT molecular complexity index is 450. The molecule has 1 saturated heterocycles. The summed E-state index contributed by atoms with van der Waals surface area (Å²) in [5, 5.41) is 6.38. The fraction of sp³-hybridized carbons (Fsp3) is 0.500. The molecule has 1 atom stereocenters. The lowest BCUT2D eigenvalue weighted by molar-refractivity contribution is -0.125. The summed E-state index contributed by atoms with van der Waals surface area (Å²) in [4.78, 5) is 12.6. The molecule has 0 saturated carbocycles. The lowest BCUT2D eigenvalue weighted by atomic mass is 9.81. The van der Waals surface area contributed by atoms with Crippen LogP contribution in [0.15, 0.2) is 27.1 Å². The maximum Gasteiger partial charge on any atom is 0.231 e. The van der Waals surface area contributed by atoms with Gasteiger partial charge in [-0.15, -0.1) is 0 Å². The first-order valence-electron chi connectivity index (χ1n) is 6.55. The van der Waals surface area contributed by atoms with E-state index in [1.165, 1.54) is 0 Å². The van der Waals surface area contributed by atoms with Crippen molar-refractivity contribution in [3.8, 4) is 0 Å². The van der Waals surface area contributed by atoms with E-state index < -0.39 is 0 Å². The van der Waals surface area contributed by atoms with Crippen LogP contribution >= 0.6 is 31.9 Å². The monoisotopic (exact) mass is 388 g/mol. The molecule has 3 nitrogen and oxygen atoms in total. The summed E-state index contributed by atoms with van der Waals surface area (Å²) in [6.07, 6.45) is 2.86. The topological polar surface area (TPSA) is 41.1 Å². The molecule has 1 fully saturated rings. The zero-order valence-corrected chi connectivity index (χ0v) is 14.1. The average Bonchev–Trinajstić information content (AvgIpc) is 2.84. The van der Waals surface area contributed by atoms with Crippen LogP contribution in [0, 0.1) is 5.41 Å². The van der Waals surface area contributed by atoms with Gasteiger partial charge in [0.1, 0.15) is 0 Å². The average molecular weight is 390 g/mol. The van der Waals surface area contributed by atoms with Gasteiger partial charge in [0.05, 0.1) is 11.1 Å². The fourth-order valence-corrected chi connectivity index (χ4v) is 3.80. The molecule has 1 heterocycles. The molecule has 1 unspecified atom stereocenters. The van der Waals surface area contributed by atoms with Crippen molar-refractivity contribution in [1.29, 1.82) is 0 Å². The molecule has 1 amide bonds. The summed E-state index contributed by atoms with van der Waals surface area (Å²) in [7, 11) is 0. The van der Waals surface area contributed by atoms with Crippen molar-refractivity contribution in [2.75, 3.05) is 18.4 Å². The molecule has 1 aliphatic heterocycles. The van der Waals surface area contributed by atoms with Crippen molar-refractivity contribution in [3.63, 3.8) is 0 Å². The third-order valence-corrected chi connectivity index (χ3v) is 4.98. The van der Waals surface area contributed by atoms with E-state index in [0.29, 0.717) is 0 Å². The van der Waals surface area contributed by atoms with Gasteiger partial charge < -0.3 is 10.6 Å². The lowest BCUT2D eigenvalue weighted by Crippen LogP contribution is -2.38. The SMILES string of the molecule is CCCC1(C(=O)Nc2c(Br)cccc2Br)CCNC1. The molecule has 2 N–H and O–H groups in total. The van der Waals surface area contributed by atoms with Crippen molar-refractivity contribution in [2.24, 2.45) is 5.41 Å². The second-order valence-electron chi connectivity index (χ2n) is 5.01.